The van der Waals surface area contributed by atoms with E-state index in [2.05, 4.69) is 0 Å². The quantitative estimate of drug-likeness (QED) is 0.791. The monoisotopic (exact) mass is 229 g/mol. The topological polar surface area (TPSA) is 69.4 Å². The summed E-state index contributed by atoms with van der Waals surface area (Å²) in [4.78, 5) is 0.252. The van der Waals surface area contributed by atoms with Gasteiger partial charge >= 0.3 is 0 Å². The molecule has 84 valence electrons. The summed E-state index contributed by atoms with van der Waals surface area (Å²) in [7, 11) is -3.34. The molecule has 0 bridgehead atoms. The smallest absolute Gasteiger partial charge is 0.202 e. The molecule has 0 saturated heterocycles. The highest BCUT2D eigenvalue weighted by Crippen LogP contribution is 2.17. The molecule has 0 radical (unpaired) electrons. The minimum absolute atomic E-state index is 0.252. The van der Waals surface area contributed by atoms with Crippen molar-refractivity contribution < 1.29 is 13.2 Å². The van der Waals surface area contributed by atoms with Gasteiger partial charge in [0.1, 0.15) is 0 Å². The zero-order chi connectivity index (χ0) is 11.5. The lowest BCUT2D eigenvalue weighted by Gasteiger charge is -2.06. The summed E-state index contributed by atoms with van der Waals surface area (Å²) in [5.74, 6) is -0.285. The maximum absolute atomic E-state index is 11.7. The second-order valence-electron chi connectivity index (χ2n) is 3.24. The van der Waals surface area contributed by atoms with Gasteiger partial charge in [0.2, 0.25) is 9.84 Å². The fourth-order valence-electron chi connectivity index (χ4n) is 1.10. The molecule has 0 fully saturated rings. The van der Waals surface area contributed by atoms with Crippen LogP contribution in [-0.2, 0) is 14.6 Å². The third-order valence-electron chi connectivity index (χ3n) is 2.04. The van der Waals surface area contributed by atoms with Gasteiger partial charge in [-0.25, -0.2) is 8.42 Å². The molecular formula is C10H15NO3S. The lowest BCUT2D eigenvalue weighted by Crippen LogP contribution is -2.10. The molecule has 0 aliphatic rings. The van der Waals surface area contributed by atoms with Crippen molar-refractivity contribution in [2.24, 2.45) is 0 Å². The van der Waals surface area contributed by atoms with Crippen molar-refractivity contribution in [2.45, 2.75) is 18.7 Å². The summed E-state index contributed by atoms with van der Waals surface area (Å²) in [6, 6.07) is 4.65. The van der Waals surface area contributed by atoms with E-state index in [4.69, 9.17) is 10.5 Å². The molecule has 0 amide bonds. The molecule has 15 heavy (non-hydrogen) atoms. The van der Waals surface area contributed by atoms with E-state index in [0.29, 0.717) is 12.3 Å². The van der Waals surface area contributed by atoms with E-state index in [1.54, 1.807) is 26.0 Å². The van der Waals surface area contributed by atoms with Crippen LogP contribution < -0.4 is 5.73 Å². The molecule has 0 heterocycles. The largest absolute Gasteiger partial charge is 0.399 e. The van der Waals surface area contributed by atoms with Gasteiger partial charge in [0.25, 0.3) is 0 Å². The highest BCUT2D eigenvalue weighted by Gasteiger charge is 2.14. The maximum atomic E-state index is 11.7. The normalized spacial score (nSPS) is 11.6. The van der Waals surface area contributed by atoms with E-state index in [-0.39, 0.29) is 10.8 Å². The van der Waals surface area contributed by atoms with Gasteiger partial charge in [-0.05, 0) is 37.6 Å². The number of anilines is 1. The van der Waals surface area contributed by atoms with Crippen LogP contribution in [0.1, 0.15) is 12.5 Å². The highest BCUT2D eigenvalue weighted by molar-refractivity contribution is 7.91. The molecule has 0 unspecified atom stereocenters. The van der Waals surface area contributed by atoms with E-state index < -0.39 is 9.84 Å². The molecule has 0 aliphatic heterocycles. The molecule has 1 rings (SSSR count). The summed E-state index contributed by atoms with van der Waals surface area (Å²) in [5.41, 5.74) is 6.95. The standard InChI is InChI=1S/C10H15NO3S/c1-3-14-7-15(12,13)9-4-5-10(11)8(2)6-9/h4-6H,3,7,11H2,1-2H3. The maximum Gasteiger partial charge on any atom is 0.202 e. The van der Waals surface area contributed by atoms with Crippen LogP contribution in [0, 0.1) is 6.92 Å². The zero-order valence-electron chi connectivity index (χ0n) is 8.86. The molecule has 0 spiro atoms. The number of sulfone groups is 1. The van der Waals surface area contributed by atoms with Gasteiger partial charge in [-0.2, -0.15) is 0 Å². The fraction of sp³-hybridized carbons (Fsp3) is 0.400. The number of nitrogens with two attached hydrogens (primary N) is 1. The second-order valence-corrected chi connectivity index (χ2v) is 5.18. The second kappa shape index (κ2) is 4.63. The van der Waals surface area contributed by atoms with Crippen LogP contribution >= 0.6 is 0 Å². The summed E-state index contributed by atoms with van der Waals surface area (Å²) in [5, 5.41) is 0. The minimum atomic E-state index is -3.34. The van der Waals surface area contributed by atoms with E-state index in [9.17, 15) is 8.42 Å². The minimum Gasteiger partial charge on any atom is -0.399 e. The van der Waals surface area contributed by atoms with E-state index in [0.717, 1.165) is 5.56 Å². The van der Waals surface area contributed by atoms with Crippen molar-refractivity contribution in [3.63, 3.8) is 0 Å². The predicted octanol–water partition coefficient (Wildman–Crippen LogP) is 1.34. The van der Waals surface area contributed by atoms with Gasteiger partial charge < -0.3 is 10.5 Å². The molecular weight excluding hydrogens is 214 g/mol. The molecule has 0 aliphatic carbocycles. The third-order valence-corrected chi connectivity index (χ3v) is 3.49. The summed E-state index contributed by atoms with van der Waals surface area (Å²) in [6.07, 6.45) is 0. The van der Waals surface area contributed by atoms with Gasteiger partial charge in [0, 0.05) is 12.3 Å². The predicted molar refractivity (Wildman–Crippen MR) is 59.3 cm³/mol. The zero-order valence-corrected chi connectivity index (χ0v) is 9.67. The number of hydrogen-bond acceptors (Lipinski definition) is 4. The molecule has 0 atom stereocenters. The van der Waals surface area contributed by atoms with Gasteiger partial charge in [0.05, 0.1) is 4.90 Å². The van der Waals surface area contributed by atoms with Crippen molar-refractivity contribution in [1.82, 2.24) is 0 Å². The van der Waals surface area contributed by atoms with Crippen LogP contribution in [0.3, 0.4) is 0 Å². The summed E-state index contributed by atoms with van der Waals surface area (Å²) >= 11 is 0. The van der Waals surface area contributed by atoms with Crippen molar-refractivity contribution >= 4 is 15.5 Å². The Hall–Kier alpha value is -1.07. The Morgan fingerprint density at radius 3 is 2.60 bits per heavy atom. The van der Waals surface area contributed by atoms with Crippen LogP contribution in [0.5, 0.6) is 0 Å². The SMILES string of the molecule is CCOCS(=O)(=O)c1ccc(N)c(C)c1. The van der Waals surface area contributed by atoms with Gasteiger partial charge in [-0.15, -0.1) is 0 Å². The van der Waals surface area contributed by atoms with Crippen LogP contribution in [0.25, 0.3) is 0 Å². The van der Waals surface area contributed by atoms with Crippen LogP contribution in [-0.4, -0.2) is 21.0 Å². The Morgan fingerprint density at radius 2 is 2.07 bits per heavy atom. The number of hydrogen-bond donors (Lipinski definition) is 1. The first-order chi connectivity index (χ1) is 6.97. The van der Waals surface area contributed by atoms with Gasteiger partial charge in [-0.1, -0.05) is 0 Å². The first kappa shape index (κ1) is 12.0. The van der Waals surface area contributed by atoms with Crippen molar-refractivity contribution in [2.75, 3.05) is 18.3 Å². The Kier molecular flexibility index (Phi) is 3.71. The van der Waals surface area contributed by atoms with Crippen molar-refractivity contribution in [3.8, 4) is 0 Å². The lowest BCUT2D eigenvalue weighted by molar-refractivity contribution is 0.192. The summed E-state index contributed by atoms with van der Waals surface area (Å²) < 4.78 is 28.3. The molecule has 5 heteroatoms. The lowest BCUT2D eigenvalue weighted by atomic mass is 10.2. The molecule has 1 aromatic rings. The van der Waals surface area contributed by atoms with Crippen molar-refractivity contribution in [3.05, 3.63) is 23.8 Å². The van der Waals surface area contributed by atoms with Crippen molar-refractivity contribution in [1.29, 1.82) is 0 Å². The first-order valence-electron chi connectivity index (χ1n) is 4.64. The molecule has 4 nitrogen and oxygen atoms in total. The number of benzene rings is 1. The fourth-order valence-corrected chi connectivity index (χ4v) is 2.26. The average Bonchev–Trinajstić information content (AvgIpc) is 2.19. The highest BCUT2D eigenvalue weighted by atomic mass is 32.2. The van der Waals surface area contributed by atoms with E-state index in [1.807, 2.05) is 0 Å². The molecule has 1 aromatic carbocycles. The number of ether oxygens (including phenoxy) is 1. The molecule has 0 aromatic heterocycles. The Bertz CT molecular complexity index is 440. The molecule has 2 N–H and O–H groups in total. The Labute approximate surface area is 90.0 Å². The third kappa shape index (κ3) is 2.94. The first-order valence-corrected chi connectivity index (χ1v) is 6.29. The van der Waals surface area contributed by atoms with Crippen LogP contribution in [0.2, 0.25) is 0 Å². The van der Waals surface area contributed by atoms with E-state index >= 15 is 0 Å². The summed E-state index contributed by atoms with van der Waals surface area (Å²) in [6.45, 7) is 3.91. The Balaban J connectivity index is 3.00. The number of rotatable bonds is 4. The average molecular weight is 229 g/mol. The number of nitrogen functional groups attached to an aromatic ring is 1. The van der Waals surface area contributed by atoms with Gasteiger partial charge in [-0.3, -0.25) is 0 Å². The van der Waals surface area contributed by atoms with Gasteiger partial charge in [0.15, 0.2) is 5.94 Å². The van der Waals surface area contributed by atoms with Crippen LogP contribution in [0.15, 0.2) is 23.1 Å². The Morgan fingerprint density at radius 1 is 1.40 bits per heavy atom. The molecule has 0 saturated carbocycles. The van der Waals surface area contributed by atoms with Crippen LogP contribution in [0.4, 0.5) is 5.69 Å². The number of aryl methyl sites for hydroxylation is 1. The van der Waals surface area contributed by atoms with E-state index in [1.165, 1.54) is 6.07 Å².